The van der Waals surface area contributed by atoms with Gasteiger partial charge in [-0.05, 0) is 25.5 Å². The number of hydrogen-bond acceptors (Lipinski definition) is 5. The fourth-order valence-electron chi connectivity index (χ4n) is 2.36. The summed E-state index contributed by atoms with van der Waals surface area (Å²) in [6.45, 7) is 0.966. The number of nitrogens with zero attached hydrogens (tertiary/aromatic N) is 2. The van der Waals surface area contributed by atoms with Crippen molar-refractivity contribution in [2.45, 2.75) is 24.0 Å². The summed E-state index contributed by atoms with van der Waals surface area (Å²) in [6, 6.07) is 4.64. The molecule has 2 N–H and O–H groups in total. The van der Waals surface area contributed by atoms with Crippen LogP contribution in [0.25, 0.3) is 11.0 Å². The van der Waals surface area contributed by atoms with E-state index in [2.05, 4.69) is 15.3 Å². The third-order valence-electron chi connectivity index (χ3n) is 3.39. The Labute approximate surface area is 129 Å². The standard InChI is InChI=1S/C12H14N4O3S.ClH/c17-16(18)9-3-4-10-11(6-9)15-12(14-10)20(19)7-8-2-1-5-13-8;/h3-4,6,8,13H,1-2,5,7H2,(H,14,15);1H. The fraction of sp³-hybridized carbons (Fsp3) is 0.417. The van der Waals surface area contributed by atoms with E-state index in [9.17, 15) is 14.3 Å². The number of aromatic nitrogens is 2. The van der Waals surface area contributed by atoms with Crippen LogP contribution < -0.4 is 5.32 Å². The normalized spacial score (nSPS) is 19.3. The van der Waals surface area contributed by atoms with E-state index in [-0.39, 0.29) is 24.1 Å². The number of nitro groups is 1. The number of benzene rings is 1. The Kier molecular flexibility index (Phi) is 4.92. The molecule has 1 aliphatic heterocycles. The molecule has 2 unspecified atom stereocenters. The molecule has 0 amide bonds. The largest absolute Gasteiger partial charge is 0.331 e. The average molecular weight is 331 g/mol. The quantitative estimate of drug-likeness (QED) is 0.657. The topological polar surface area (TPSA) is 101 Å². The second-order valence-corrected chi connectivity index (χ2v) is 6.22. The number of fused-ring (bicyclic) bond motifs is 1. The van der Waals surface area contributed by atoms with Crippen molar-refractivity contribution < 1.29 is 9.13 Å². The van der Waals surface area contributed by atoms with Crippen molar-refractivity contribution in [2.75, 3.05) is 12.3 Å². The van der Waals surface area contributed by atoms with Gasteiger partial charge in [-0.3, -0.25) is 14.3 Å². The van der Waals surface area contributed by atoms with Crippen LogP contribution in [0.15, 0.2) is 23.4 Å². The lowest BCUT2D eigenvalue weighted by atomic mass is 10.3. The zero-order chi connectivity index (χ0) is 14.1. The van der Waals surface area contributed by atoms with E-state index in [0.717, 1.165) is 19.4 Å². The highest BCUT2D eigenvalue weighted by molar-refractivity contribution is 7.84. The van der Waals surface area contributed by atoms with Gasteiger partial charge >= 0.3 is 0 Å². The summed E-state index contributed by atoms with van der Waals surface area (Å²) in [5.74, 6) is 0.516. The second kappa shape index (κ2) is 6.50. The van der Waals surface area contributed by atoms with Crippen LogP contribution in [-0.4, -0.2) is 37.4 Å². The van der Waals surface area contributed by atoms with E-state index < -0.39 is 15.7 Å². The molecule has 2 aromatic rings. The van der Waals surface area contributed by atoms with E-state index in [1.54, 1.807) is 6.07 Å². The Morgan fingerprint density at radius 1 is 1.48 bits per heavy atom. The van der Waals surface area contributed by atoms with Gasteiger partial charge in [0.25, 0.3) is 5.69 Å². The van der Waals surface area contributed by atoms with Crippen molar-refractivity contribution in [3.05, 3.63) is 28.3 Å². The summed E-state index contributed by atoms with van der Waals surface area (Å²) >= 11 is 0. The van der Waals surface area contributed by atoms with E-state index >= 15 is 0 Å². The van der Waals surface area contributed by atoms with Crippen molar-refractivity contribution in [1.82, 2.24) is 15.3 Å². The van der Waals surface area contributed by atoms with Gasteiger partial charge in [0.15, 0.2) is 5.16 Å². The Hall–Kier alpha value is -1.51. The zero-order valence-electron chi connectivity index (χ0n) is 11.1. The van der Waals surface area contributed by atoms with Gasteiger partial charge in [0.05, 0.1) is 26.8 Å². The molecule has 3 rings (SSSR count). The Balaban J connectivity index is 0.00000161. The summed E-state index contributed by atoms with van der Waals surface area (Å²) in [6.07, 6.45) is 2.13. The van der Waals surface area contributed by atoms with Gasteiger partial charge in [-0.25, -0.2) is 4.98 Å². The molecule has 1 aliphatic rings. The molecule has 2 heterocycles. The second-order valence-electron chi connectivity index (χ2n) is 4.81. The number of H-pyrrole nitrogens is 1. The van der Waals surface area contributed by atoms with Crippen LogP contribution in [0.5, 0.6) is 0 Å². The number of nitro benzene ring substituents is 1. The summed E-state index contributed by atoms with van der Waals surface area (Å²) < 4.78 is 12.2. The van der Waals surface area contributed by atoms with Gasteiger partial charge in [-0.2, -0.15) is 0 Å². The van der Waals surface area contributed by atoms with Gasteiger partial charge in [0, 0.05) is 23.9 Å². The van der Waals surface area contributed by atoms with Crippen LogP contribution in [0.3, 0.4) is 0 Å². The van der Waals surface area contributed by atoms with Crippen molar-refractivity contribution in [1.29, 1.82) is 0 Å². The minimum atomic E-state index is -1.22. The predicted octanol–water partition coefficient (Wildman–Crippen LogP) is 1.75. The molecule has 0 aliphatic carbocycles. The highest BCUT2D eigenvalue weighted by Gasteiger charge is 2.20. The fourth-order valence-corrected chi connectivity index (χ4v) is 3.59. The molecule has 0 radical (unpaired) electrons. The van der Waals surface area contributed by atoms with E-state index in [0.29, 0.717) is 21.9 Å². The highest BCUT2D eigenvalue weighted by atomic mass is 35.5. The summed E-state index contributed by atoms with van der Waals surface area (Å²) in [5.41, 5.74) is 1.14. The minimum Gasteiger partial charge on any atom is -0.331 e. The lowest BCUT2D eigenvalue weighted by Gasteiger charge is -2.07. The number of non-ortho nitro benzene ring substituents is 1. The van der Waals surface area contributed by atoms with Gasteiger partial charge in [-0.1, -0.05) is 0 Å². The molecule has 21 heavy (non-hydrogen) atoms. The first-order valence-electron chi connectivity index (χ1n) is 6.39. The van der Waals surface area contributed by atoms with Crippen LogP contribution in [0.2, 0.25) is 0 Å². The summed E-state index contributed by atoms with van der Waals surface area (Å²) in [4.78, 5) is 17.4. The molecule has 114 valence electrons. The van der Waals surface area contributed by atoms with Crippen molar-refractivity contribution in [2.24, 2.45) is 0 Å². The monoisotopic (exact) mass is 330 g/mol. The molecule has 1 fully saturated rings. The molecular formula is C12H15ClN4O3S. The molecule has 7 nitrogen and oxygen atoms in total. The minimum absolute atomic E-state index is 0. The zero-order valence-corrected chi connectivity index (χ0v) is 12.7. The van der Waals surface area contributed by atoms with E-state index in [4.69, 9.17) is 0 Å². The maximum Gasteiger partial charge on any atom is 0.271 e. The smallest absolute Gasteiger partial charge is 0.271 e. The first kappa shape index (κ1) is 15.9. The van der Waals surface area contributed by atoms with Crippen LogP contribution in [-0.2, 0) is 10.8 Å². The molecule has 1 aromatic heterocycles. The molecule has 2 atom stereocenters. The molecule has 0 bridgehead atoms. The van der Waals surface area contributed by atoms with Crippen molar-refractivity contribution in [3.8, 4) is 0 Å². The van der Waals surface area contributed by atoms with Crippen LogP contribution in [0.4, 0.5) is 5.69 Å². The number of imidazole rings is 1. The molecule has 0 saturated carbocycles. The summed E-state index contributed by atoms with van der Waals surface area (Å²) in [5, 5.41) is 14.4. The Bertz CT molecular complexity index is 684. The van der Waals surface area contributed by atoms with Crippen LogP contribution in [0, 0.1) is 10.1 Å². The number of hydrogen-bond donors (Lipinski definition) is 2. The maximum atomic E-state index is 12.2. The number of nitrogens with one attached hydrogen (secondary N) is 2. The van der Waals surface area contributed by atoms with Gasteiger partial charge in [0.1, 0.15) is 0 Å². The van der Waals surface area contributed by atoms with Gasteiger partial charge < -0.3 is 10.3 Å². The first-order valence-corrected chi connectivity index (χ1v) is 7.71. The number of rotatable bonds is 4. The highest BCUT2D eigenvalue weighted by Crippen LogP contribution is 2.20. The average Bonchev–Trinajstić information content (AvgIpc) is 3.05. The third kappa shape index (κ3) is 3.39. The molecular weight excluding hydrogens is 316 g/mol. The number of aromatic amines is 1. The predicted molar refractivity (Wildman–Crippen MR) is 82.3 cm³/mol. The van der Waals surface area contributed by atoms with Gasteiger partial charge in [0.2, 0.25) is 0 Å². The number of halogens is 1. The van der Waals surface area contributed by atoms with Crippen LogP contribution >= 0.6 is 12.4 Å². The van der Waals surface area contributed by atoms with E-state index in [1.165, 1.54) is 12.1 Å². The molecule has 1 saturated heterocycles. The Morgan fingerprint density at radius 2 is 2.29 bits per heavy atom. The molecule has 0 spiro atoms. The maximum absolute atomic E-state index is 12.2. The SMILES string of the molecule is Cl.O=[N+]([O-])c1ccc2nc(S(=O)CC3CCCN3)[nH]c2c1. The lowest BCUT2D eigenvalue weighted by molar-refractivity contribution is -0.384. The van der Waals surface area contributed by atoms with Crippen molar-refractivity contribution in [3.63, 3.8) is 0 Å². The van der Waals surface area contributed by atoms with Crippen LogP contribution in [0.1, 0.15) is 12.8 Å². The molecule has 1 aromatic carbocycles. The summed E-state index contributed by atoms with van der Waals surface area (Å²) in [7, 11) is -1.22. The van der Waals surface area contributed by atoms with Gasteiger partial charge in [-0.15, -0.1) is 12.4 Å². The first-order chi connectivity index (χ1) is 9.63. The lowest BCUT2D eigenvalue weighted by Crippen LogP contribution is -2.27. The van der Waals surface area contributed by atoms with Crippen molar-refractivity contribution >= 4 is 39.9 Å². The Morgan fingerprint density at radius 3 is 2.95 bits per heavy atom. The van der Waals surface area contributed by atoms with E-state index in [1.807, 2.05) is 0 Å². The molecule has 9 heteroatoms. The third-order valence-corrected chi connectivity index (χ3v) is 4.71.